The van der Waals surface area contributed by atoms with Gasteiger partial charge in [0.15, 0.2) is 0 Å². The Kier molecular flexibility index (Phi) is 4.13. The van der Waals surface area contributed by atoms with Crippen molar-refractivity contribution in [2.24, 2.45) is 5.73 Å². The highest BCUT2D eigenvalue weighted by Crippen LogP contribution is 2.18. The van der Waals surface area contributed by atoms with Crippen LogP contribution in [0.25, 0.3) is 0 Å². The van der Waals surface area contributed by atoms with E-state index in [2.05, 4.69) is 11.2 Å². The van der Waals surface area contributed by atoms with E-state index in [1.165, 1.54) is 0 Å². The number of amides is 1. The zero-order valence-electron chi connectivity index (χ0n) is 9.08. The van der Waals surface area contributed by atoms with Gasteiger partial charge in [-0.1, -0.05) is 0 Å². The fourth-order valence-electron chi connectivity index (χ4n) is 1.64. The van der Waals surface area contributed by atoms with Crippen LogP contribution >= 0.6 is 0 Å². The summed E-state index contributed by atoms with van der Waals surface area (Å²) in [4.78, 5) is 11.6. The van der Waals surface area contributed by atoms with Crippen molar-refractivity contribution in [3.05, 3.63) is 0 Å². The fourth-order valence-corrected chi connectivity index (χ4v) is 1.64. The number of nitrogens with one attached hydrogen (secondary N) is 1. The van der Waals surface area contributed by atoms with Gasteiger partial charge in [-0.05, 0) is 19.8 Å². The summed E-state index contributed by atoms with van der Waals surface area (Å²) in [5, 5.41) is 2.90. The van der Waals surface area contributed by atoms with Gasteiger partial charge in [-0.3, -0.25) is 4.79 Å². The first-order chi connectivity index (χ1) is 7.07. The molecule has 2 atom stereocenters. The van der Waals surface area contributed by atoms with Crippen LogP contribution in [0, 0.1) is 12.3 Å². The van der Waals surface area contributed by atoms with E-state index in [4.69, 9.17) is 16.9 Å². The Morgan fingerprint density at radius 2 is 2.53 bits per heavy atom. The second-order valence-electron chi connectivity index (χ2n) is 4.22. The molecule has 0 aromatic carbocycles. The number of hydrogen-bond donors (Lipinski definition) is 2. The SMILES string of the molecule is C#CCC(N)C(=O)NC1(C)CCCOC1. The van der Waals surface area contributed by atoms with Gasteiger partial charge in [0.25, 0.3) is 0 Å². The Hall–Kier alpha value is -1.05. The maximum atomic E-state index is 11.6. The number of carbonyl (C=O) groups excluding carboxylic acids is 1. The van der Waals surface area contributed by atoms with E-state index in [1.807, 2.05) is 6.92 Å². The molecule has 15 heavy (non-hydrogen) atoms. The van der Waals surface area contributed by atoms with Gasteiger partial charge in [-0.15, -0.1) is 12.3 Å². The lowest BCUT2D eigenvalue weighted by Crippen LogP contribution is -2.55. The Morgan fingerprint density at radius 3 is 3.07 bits per heavy atom. The Morgan fingerprint density at radius 1 is 1.80 bits per heavy atom. The molecule has 3 N–H and O–H groups in total. The lowest BCUT2D eigenvalue weighted by atomic mass is 9.94. The van der Waals surface area contributed by atoms with Crippen molar-refractivity contribution in [3.63, 3.8) is 0 Å². The monoisotopic (exact) mass is 210 g/mol. The highest BCUT2D eigenvalue weighted by molar-refractivity contribution is 5.82. The van der Waals surface area contributed by atoms with Gasteiger partial charge in [-0.25, -0.2) is 0 Å². The van der Waals surface area contributed by atoms with Crippen molar-refractivity contribution in [1.29, 1.82) is 0 Å². The molecule has 0 aliphatic carbocycles. The van der Waals surface area contributed by atoms with Gasteiger partial charge >= 0.3 is 0 Å². The second-order valence-corrected chi connectivity index (χ2v) is 4.22. The molecular formula is C11H18N2O2. The minimum Gasteiger partial charge on any atom is -0.379 e. The van der Waals surface area contributed by atoms with Crippen molar-refractivity contribution >= 4 is 5.91 Å². The largest absolute Gasteiger partial charge is 0.379 e. The van der Waals surface area contributed by atoms with Crippen molar-refractivity contribution in [2.75, 3.05) is 13.2 Å². The summed E-state index contributed by atoms with van der Waals surface area (Å²) in [6.45, 7) is 3.27. The van der Waals surface area contributed by atoms with Gasteiger partial charge < -0.3 is 15.8 Å². The third-order valence-corrected chi connectivity index (χ3v) is 2.54. The van der Waals surface area contributed by atoms with E-state index in [0.29, 0.717) is 6.61 Å². The van der Waals surface area contributed by atoms with Crippen molar-refractivity contribution in [1.82, 2.24) is 5.32 Å². The number of nitrogens with two attached hydrogens (primary N) is 1. The molecule has 4 heteroatoms. The van der Waals surface area contributed by atoms with E-state index in [0.717, 1.165) is 19.4 Å². The van der Waals surface area contributed by atoms with Crippen LogP contribution in [0.3, 0.4) is 0 Å². The molecule has 0 spiro atoms. The molecule has 0 aromatic heterocycles. The molecule has 1 heterocycles. The Bertz CT molecular complexity index is 264. The van der Waals surface area contributed by atoms with Crippen molar-refractivity contribution in [3.8, 4) is 12.3 Å². The lowest BCUT2D eigenvalue weighted by Gasteiger charge is -2.35. The number of carbonyl (C=O) groups is 1. The molecule has 1 amide bonds. The highest BCUT2D eigenvalue weighted by atomic mass is 16.5. The van der Waals surface area contributed by atoms with Crippen LogP contribution in [0.15, 0.2) is 0 Å². The van der Waals surface area contributed by atoms with Gasteiger partial charge in [0, 0.05) is 13.0 Å². The lowest BCUT2D eigenvalue weighted by molar-refractivity contribution is -0.125. The average molecular weight is 210 g/mol. The molecule has 84 valence electrons. The summed E-state index contributed by atoms with van der Waals surface area (Å²) in [6.07, 6.45) is 7.24. The summed E-state index contributed by atoms with van der Waals surface area (Å²) >= 11 is 0. The van der Waals surface area contributed by atoms with E-state index in [-0.39, 0.29) is 17.9 Å². The molecule has 1 rings (SSSR count). The Labute approximate surface area is 90.5 Å². The third kappa shape index (κ3) is 3.54. The van der Waals surface area contributed by atoms with Crippen LogP contribution in [0.5, 0.6) is 0 Å². The van der Waals surface area contributed by atoms with Gasteiger partial charge in [0.05, 0.1) is 18.2 Å². The normalized spacial score (nSPS) is 27.8. The first-order valence-corrected chi connectivity index (χ1v) is 5.16. The topological polar surface area (TPSA) is 64.4 Å². The van der Waals surface area contributed by atoms with E-state index in [1.54, 1.807) is 0 Å². The smallest absolute Gasteiger partial charge is 0.238 e. The predicted octanol–water partition coefficient (Wildman–Crippen LogP) is 0.0223. The summed E-state index contributed by atoms with van der Waals surface area (Å²) in [6, 6.07) is -0.617. The summed E-state index contributed by atoms with van der Waals surface area (Å²) < 4.78 is 5.33. The van der Waals surface area contributed by atoms with E-state index >= 15 is 0 Å². The van der Waals surface area contributed by atoms with Gasteiger partial charge in [-0.2, -0.15) is 0 Å². The van der Waals surface area contributed by atoms with Crippen LogP contribution in [-0.2, 0) is 9.53 Å². The fraction of sp³-hybridized carbons (Fsp3) is 0.727. The first-order valence-electron chi connectivity index (χ1n) is 5.16. The molecule has 1 aliphatic rings. The van der Waals surface area contributed by atoms with Crippen molar-refractivity contribution < 1.29 is 9.53 Å². The molecule has 0 bridgehead atoms. The molecule has 0 radical (unpaired) electrons. The first kappa shape index (κ1) is 12.0. The van der Waals surface area contributed by atoms with Crippen LogP contribution in [0.1, 0.15) is 26.2 Å². The highest BCUT2D eigenvalue weighted by Gasteiger charge is 2.30. The minimum absolute atomic E-state index is 0.194. The molecule has 1 aliphatic heterocycles. The molecule has 1 fully saturated rings. The molecular weight excluding hydrogens is 192 g/mol. The molecule has 0 aromatic rings. The predicted molar refractivity (Wildman–Crippen MR) is 58.0 cm³/mol. The number of ether oxygens (including phenoxy) is 1. The molecule has 0 saturated carbocycles. The van der Waals surface area contributed by atoms with Crippen LogP contribution in [0.2, 0.25) is 0 Å². The zero-order chi connectivity index (χ0) is 11.3. The van der Waals surface area contributed by atoms with E-state index in [9.17, 15) is 4.79 Å². The van der Waals surface area contributed by atoms with Crippen LogP contribution < -0.4 is 11.1 Å². The van der Waals surface area contributed by atoms with Crippen LogP contribution in [0.4, 0.5) is 0 Å². The zero-order valence-corrected chi connectivity index (χ0v) is 9.08. The Balaban J connectivity index is 2.45. The minimum atomic E-state index is -0.617. The standard InChI is InChI=1S/C11H18N2O2/c1-3-5-9(12)10(14)13-11(2)6-4-7-15-8-11/h1,9H,4-8,12H2,2H3,(H,13,14). The number of rotatable bonds is 3. The average Bonchev–Trinajstić information content (AvgIpc) is 2.18. The van der Waals surface area contributed by atoms with E-state index < -0.39 is 6.04 Å². The summed E-state index contributed by atoms with van der Waals surface area (Å²) in [5.74, 6) is 2.19. The third-order valence-electron chi connectivity index (χ3n) is 2.54. The maximum Gasteiger partial charge on any atom is 0.238 e. The van der Waals surface area contributed by atoms with Gasteiger partial charge in [0.1, 0.15) is 0 Å². The molecule has 2 unspecified atom stereocenters. The summed E-state index contributed by atoms with van der Waals surface area (Å²) in [5.41, 5.74) is 5.32. The second kappa shape index (κ2) is 5.15. The maximum absolute atomic E-state index is 11.6. The van der Waals surface area contributed by atoms with Crippen LogP contribution in [-0.4, -0.2) is 30.7 Å². The van der Waals surface area contributed by atoms with Crippen molar-refractivity contribution in [2.45, 2.75) is 37.8 Å². The number of hydrogen-bond acceptors (Lipinski definition) is 3. The molecule has 4 nitrogen and oxygen atoms in total. The molecule has 1 saturated heterocycles. The summed E-state index contributed by atoms with van der Waals surface area (Å²) in [7, 11) is 0. The quantitative estimate of drug-likeness (QED) is 0.646. The van der Waals surface area contributed by atoms with Gasteiger partial charge in [0.2, 0.25) is 5.91 Å². The number of terminal acetylenes is 1.